The number of nitrogens with zero attached hydrogens (tertiary/aromatic N) is 2. The molecule has 0 atom stereocenters. The van der Waals surface area contributed by atoms with Gasteiger partial charge in [-0.1, -0.05) is 41.9 Å². The molecule has 0 spiro atoms. The van der Waals surface area contributed by atoms with E-state index in [0.717, 1.165) is 0 Å². The SMILES string of the molecule is O=C(c1ccccc1)C1CCN(C(=O)c2ccc(Oc3ccc(Cl)cc3[N+](=O)[O-])cc2)CC1. The van der Waals surface area contributed by atoms with Gasteiger partial charge in [0.05, 0.1) is 4.92 Å². The minimum Gasteiger partial charge on any atom is -0.450 e. The molecule has 1 heterocycles. The highest BCUT2D eigenvalue weighted by Crippen LogP contribution is 2.33. The molecule has 3 aromatic carbocycles. The third-order valence-corrected chi connectivity index (χ3v) is 5.89. The van der Waals surface area contributed by atoms with Crippen LogP contribution in [-0.2, 0) is 0 Å². The number of halogens is 1. The van der Waals surface area contributed by atoms with E-state index in [1.807, 2.05) is 30.3 Å². The predicted octanol–water partition coefficient (Wildman–Crippen LogP) is 5.78. The smallest absolute Gasteiger partial charge is 0.313 e. The van der Waals surface area contributed by atoms with Crippen molar-refractivity contribution in [3.05, 3.63) is 99.1 Å². The molecule has 0 aliphatic carbocycles. The van der Waals surface area contributed by atoms with Gasteiger partial charge in [0, 0.05) is 41.2 Å². The molecule has 0 aromatic heterocycles. The summed E-state index contributed by atoms with van der Waals surface area (Å²) in [6.07, 6.45) is 1.25. The molecule has 0 N–H and O–H groups in total. The highest BCUT2D eigenvalue weighted by atomic mass is 35.5. The number of carbonyl (C=O) groups is 2. The normalized spacial score (nSPS) is 14.0. The fourth-order valence-electron chi connectivity index (χ4n) is 3.88. The maximum atomic E-state index is 12.9. The molecule has 33 heavy (non-hydrogen) atoms. The van der Waals surface area contributed by atoms with Gasteiger partial charge in [-0.05, 0) is 49.2 Å². The zero-order chi connectivity index (χ0) is 23.4. The van der Waals surface area contributed by atoms with Gasteiger partial charge >= 0.3 is 5.69 Å². The Balaban J connectivity index is 1.37. The summed E-state index contributed by atoms with van der Waals surface area (Å²) in [4.78, 5) is 37.9. The summed E-state index contributed by atoms with van der Waals surface area (Å²) < 4.78 is 5.63. The van der Waals surface area contributed by atoms with Crippen molar-refractivity contribution in [2.45, 2.75) is 12.8 Å². The largest absolute Gasteiger partial charge is 0.450 e. The summed E-state index contributed by atoms with van der Waals surface area (Å²) >= 11 is 5.83. The fourth-order valence-corrected chi connectivity index (χ4v) is 4.04. The molecule has 1 saturated heterocycles. The lowest BCUT2D eigenvalue weighted by Gasteiger charge is -2.31. The van der Waals surface area contributed by atoms with E-state index in [9.17, 15) is 19.7 Å². The predicted molar refractivity (Wildman–Crippen MR) is 124 cm³/mol. The summed E-state index contributed by atoms with van der Waals surface area (Å²) in [5.74, 6) is 0.352. The van der Waals surface area contributed by atoms with Crippen molar-refractivity contribution >= 4 is 29.0 Å². The number of rotatable bonds is 6. The van der Waals surface area contributed by atoms with E-state index in [4.69, 9.17) is 16.3 Å². The van der Waals surface area contributed by atoms with Gasteiger partial charge < -0.3 is 9.64 Å². The Hall–Kier alpha value is -3.71. The molecule has 4 rings (SSSR count). The van der Waals surface area contributed by atoms with Crippen LogP contribution < -0.4 is 4.74 Å². The molecule has 1 aliphatic rings. The van der Waals surface area contributed by atoms with Crippen LogP contribution in [0.2, 0.25) is 5.02 Å². The molecule has 3 aromatic rings. The van der Waals surface area contributed by atoms with Crippen LogP contribution in [0.15, 0.2) is 72.8 Å². The highest BCUT2D eigenvalue weighted by molar-refractivity contribution is 6.30. The zero-order valence-corrected chi connectivity index (χ0v) is 18.4. The molecule has 168 valence electrons. The number of Topliss-reactive ketones (excluding diaryl/α,β-unsaturated/α-hetero) is 1. The summed E-state index contributed by atoms with van der Waals surface area (Å²) in [6, 6.07) is 19.8. The van der Waals surface area contributed by atoms with Crippen LogP contribution in [0.25, 0.3) is 0 Å². The van der Waals surface area contributed by atoms with E-state index in [1.165, 1.54) is 18.2 Å². The van der Waals surface area contributed by atoms with Gasteiger partial charge in [0.15, 0.2) is 5.78 Å². The Morgan fingerprint density at radius 3 is 2.24 bits per heavy atom. The van der Waals surface area contributed by atoms with Crippen LogP contribution >= 0.6 is 11.6 Å². The van der Waals surface area contributed by atoms with Crippen LogP contribution in [-0.4, -0.2) is 34.6 Å². The number of carbonyl (C=O) groups excluding carboxylic acids is 2. The van der Waals surface area contributed by atoms with Crippen molar-refractivity contribution < 1.29 is 19.2 Å². The van der Waals surface area contributed by atoms with Gasteiger partial charge in [-0.2, -0.15) is 0 Å². The Bertz CT molecular complexity index is 1170. The summed E-state index contributed by atoms with van der Waals surface area (Å²) in [5, 5.41) is 11.5. The van der Waals surface area contributed by atoms with Crippen LogP contribution in [0.5, 0.6) is 11.5 Å². The molecule has 1 amide bonds. The number of nitro benzene ring substituents is 1. The monoisotopic (exact) mass is 464 g/mol. The number of ketones is 1. The number of hydrogen-bond donors (Lipinski definition) is 0. The van der Waals surface area contributed by atoms with E-state index >= 15 is 0 Å². The van der Waals surface area contributed by atoms with Gasteiger partial charge in [0.1, 0.15) is 5.75 Å². The fraction of sp³-hybridized carbons (Fsp3) is 0.200. The number of benzene rings is 3. The van der Waals surface area contributed by atoms with E-state index in [2.05, 4.69) is 0 Å². The Morgan fingerprint density at radius 1 is 0.939 bits per heavy atom. The van der Waals surface area contributed by atoms with E-state index in [1.54, 1.807) is 29.2 Å². The number of likely N-dealkylation sites (tertiary alicyclic amines) is 1. The number of amides is 1. The Labute approximate surface area is 195 Å². The topological polar surface area (TPSA) is 89.8 Å². The van der Waals surface area contributed by atoms with Crippen molar-refractivity contribution in [1.82, 2.24) is 4.90 Å². The molecule has 0 saturated carbocycles. The first-order valence-corrected chi connectivity index (χ1v) is 10.9. The van der Waals surface area contributed by atoms with Crippen LogP contribution in [0.1, 0.15) is 33.6 Å². The lowest BCUT2D eigenvalue weighted by molar-refractivity contribution is -0.385. The lowest BCUT2D eigenvalue weighted by atomic mass is 9.88. The maximum Gasteiger partial charge on any atom is 0.313 e. The third-order valence-electron chi connectivity index (χ3n) is 5.66. The van der Waals surface area contributed by atoms with Crippen molar-refractivity contribution in [3.8, 4) is 11.5 Å². The summed E-state index contributed by atoms with van der Waals surface area (Å²) in [6.45, 7) is 1.02. The lowest BCUT2D eigenvalue weighted by Crippen LogP contribution is -2.40. The zero-order valence-electron chi connectivity index (χ0n) is 17.6. The molecule has 0 bridgehead atoms. The second kappa shape index (κ2) is 9.83. The van der Waals surface area contributed by atoms with Gasteiger partial charge in [0.2, 0.25) is 5.75 Å². The summed E-state index contributed by atoms with van der Waals surface area (Å²) in [5.41, 5.74) is 0.954. The quantitative estimate of drug-likeness (QED) is 0.262. The first-order valence-electron chi connectivity index (χ1n) is 10.5. The van der Waals surface area contributed by atoms with Gasteiger partial charge in [0.25, 0.3) is 5.91 Å². The molecular formula is C25H21ClN2O5. The number of piperidine rings is 1. The van der Waals surface area contributed by atoms with Gasteiger partial charge in [-0.3, -0.25) is 19.7 Å². The second-order valence-corrected chi connectivity index (χ2v) is 8.23. The summed E-state index contributed by atoms with van der Waals surface area (Å²) in [7, 11) is 0. The molecule has 1 fully saturated rings. The van der Waals surface area contributed by atoms with Crippen LogP contribution in [0, 0.1) is 16.0 Å². The second-order valence-electron chi connectivity index (χ2n) is 7.79. The Morgan fingerprint density at radius 2 is 1.61 bits per heavy atom. The Kier molecular flexibility index (Phi) is 6.70. The first-order chi connectivity index (χ1) is 15.9. The van der Waals surface area contributed by atoms with Crippen molar-refractivity contribution in [1.29, 1.82) is 0 Å². The van der Waals surface area contributed by atoms with Crippen molar-refractivity contribution in [2.75, 3.05) is 13.1 Å². The van der Waals surface area contributed by atoms with E-state index in [-0.39, 0.29) is 34.1 Å². The maximum absolute atomic E-state index is 12.9. The number of hydrogen-bond acceptors (Lipinski definition) is 5. The molecule has 7 nitrogen and oxygen atoms in total. The van der Waals surface area contributed by atoms with Crippen LogP contribution in [0.4, 0.5) is 5.69 Å². The van der Waals surface area contributed by atoms with E-state index in [0.29, 0.717) is 42.8 Å². The van der Waals surface area contributed by atoms with Crippen molar-refractivity contribution in [2.24, 2.45) is 5.92 Å². The van der Waals surface area contributed by atoms with Gasteiger partial charge in [-0.15, -0.1) is 0 Å². The number of ether oxygens (including phenoxy) is 1. The standard InChI is InChI=1S/C25H21ClN2O5/c26-20-8-11-23(22(16-20)28(31)32)33-21-9-6-19(7-10-21)25(30)27-14-12-18(13-15-27)24(29)17-4-2-1-3-5-17/h1-11,16,18H,12-15H2. The van der Waals surface area contributed by atoms with Crippen LogP contribution in [0.3, 0.4) is 0 Å². The molecule has 8 heteroatoms. The third kappa shape index (κ3) is 5.21. The highest BCUT2D eigenvalue weighted by Gasteiger charge is 2.28. The minimum absolute atomic E-state index is 0.0635. The first kappa shape index (κ1) is 22.5. The van der Waals surface area contributed by atoms with Crippen molar-refractivity contribution in [3.63, 3.8) is 0 Å². The molecule has 0 unspecified atom stereocenters. The molecular weight excluding hydrogens is 444 g/mol. The average molecular weight is 465 g/mol. The minimum atomic E-state index is -0.564. The van der Waals surface area contributed by atoms with E-state index < -0.39 is 4.92 Å². The molecule has 0 radical (unpaired) electrons. The molecule has 1 aliphatic heterocycles. The number of nitro groups is 1. The average Bonchev–Trinajstić information content (AvgIpc) is 2.85. The van der Waals surface area contributed by atoms with Gasteiger partial charge in [-0.25, -0.2) is 0 Å².